The van der Waals surface area contributed by atoms with E-state index in [0.29, 0.717) is 9.06 Å². The summed E-state index contributed by atoms with van der Waals surface area (Å²) in [5.41, 5.74) is 3.89. The number of rotatable bonds is 14. The third-order valence-electron chi connectivity index (χ3n) is 7.21. The van der Waals surface area contributed by atoms with E-state index in [1.54, 1.807) is 0 Å². The molecule has 0 bridgehead atoms. The molecule has 212 valence electrons. The van der Waals surface area contributed by atoms with Gasteiger partial charge in [-0.15, -0.1) is 22.7 Å². The van der Waals surface area contributed by atoms with E-state index in [1.165, 1.54) is 74.0 Å². The summed E-state index contributed by atoms with van der Waals surface area (Å²) in [5, 5.41) is 37.9. The summed E-state index contributed by atoms with van der Waals surface area (Å²) in [7, 11) is 0. The van der Waals surface area contributed by atoms with Crippen molar-refractivity contribution in [3.05, 3.63) is 64.4 Å². The third-order valence-corrected chi connectivity index (χ3v) is 9.63. The highest BCUT2D eigenvalue weighted by molar-refractivity contribution is 7.08. The van der Waals surface area contributed by atoms with Gasteiger partial charge in [0.05, 0.1) is 18.1 Å². The Hall–Kier alpha value is -3.62. The Bertz CT molecular complexity index is 1620. The van der Waals surface area contributed by atoms with Crippen molar-refractivity contribution in [3.8, 4) is 24.3 Å². The standard InChI is InChI=1S/C34H38N4OS2/c1-3-5-7-9-11-13-15-25-19-31(27(21-35)22-36)40-33(25)29-17-18-30(39-29)34-26(16-14-12-10-8-6-4-2)20-32(41-34)28(23-37)24-38/h17-20H,3-16H2,1-2H3/b33-29-,34-30+. The first-order valence-corrected chi connectivity index (χ1v) is 16.4. The number of thiophene rings is 2. The molecule has 3 rings (SSSR count). The van der Waals surface area contributed by atoms with Crippen LogP contribution in [0.2, 0.25) is 0 Å². The maximum absolute atomic E-state index is 9.48. The van der Waals surface area contributed by atoms with Crippen molar-refractivity contribution < 1.29 is 4.42 Å². The van der Waals surface area contributed by atoms with Crippen molar-refractivity contribution in [1.82, 2.24) is 0 Å². The maximum Gasteiger partial charge on any atom is 0.146 e. The lowest BCUT2D eigenvalue weighted by Gasteiger charge is -2.00. The largest absolute Gasteiger partial charge is 0.454 e. The maximum atomic E-state index is 9.48. The fraction of sp³-hybridized carbons (Fsp3) is 0.471. The van der Waals surface area contributed by atoms with E-state index >= 15 is 0 Å². The van der Waals surface area contributed by atoms with Crippen LogP contribution >= 0.6 is 22.7 Å². The molecule has 3 aromatic rings. The molecule has 3 heterocycles. The number of furan rings is 1. The van der Waals surface area contributed by atoms with Gasteiger partial charge in [0.1, 0.15) is 46.3 Å². The van der Waals surface area contributed by atoms with E-state index in [4.69, 9.17) is 4.42 Å². The summed E-state index contributed by atoms with van der Waals surface area (Å²) >= 11 is 2.87. The quantitative estimate of drug-likeness (QED) is 0.178. The molecular weight excluding hydrogens is 545 g/mol. The Morgan fingerprint density at radius 3 is 1.32 bits per heavy atom. The van der Waals surface area contributed by atoms with Gasteiger partial charge in [-0.2, -0.15) is 21.0 Å². The monoisotopic (exact) mass is 582 g/mol. The smallest absolute Gasteiger partial charge is 0.146 e. The molecule has 7 heteroatoms. The molecule has 3 aromatic heterocycles. The van der Waals surface area contributed by atoms with Gasteiger partial charge in [-0.05, 0) is 61.1 Å². The molecule has 0 aromatic carbocycles. The molecule has 0 atom stereocenters. The lowest BCUT2D eigenvalue weighted by atomic mass is 10.1. The second-order valence-corrected chi connectivity index (χ2v) is 12.4. The molecule has 0 saturated carbocycles. The molecule has 0 aliphatic heterocycles. The minimum absolute atomic E-state index is 0.123. The van der Waals surface area contributed by atoms with Crippen LogP contribution in [-0.2, 0) is 12.8 Å². The summed E-state index contributed by atoms with van der Waals surface area (Å²) in [6, 6.07) is 16.0. The number of nitriles is 4. The Morgan fingerprint density at radius 2 is 0.951 bits per heavy atom. The van der Waals surface area contributed by atoms with Gasteiger partial charge in [-0.25, -0.2) is 0 Å². The van der Waals surface area contributed by atoms with Gasteiger partial charge in [0.25, 0.3) is 0 Å². The first kappa shape index (κ1) is 31.9. The van der Waals surface area contributed by atoms with Crippen molar-refractivity contribution in [1.29, 1.82) is 21.0 Å². The van der Waals surface area contributed by atoms with Gasteiger partial charge >= 0.3 is 0 Å². The fourth-order valence-electron chi connectivity index (χ4n) is 4.94. The SMILES string of the molecule is CCCCCCCCc1cc(=C(C#N)C#N)s/c1=c1/cc/c(=c2\sc(=C(C#N)C#N)cc2CCCCCCCC)o1. The second-order valence-electron chi connectivity index (χ2n) is 10.3. The topological polar surface area (TPSA) is 108 Å². The molecule has 0 fully saturated rings. The van der Waals surface area contributed by atoms with Crippen molar-refractivity contribution >= 4 is 33.8 Å². The molecular formula is C34H38N4OS2. The molecule has 41 heavy (non-hydrogen) atoms. The lowest BCUT2D eigenvalue weighted by Crippen LogP contribution is -1.95. The number of aryl methyl sites for hydroxylation is 2. The first-order valence-electron chi connectivity index (χ1n) is 14.8. The van der Waals surface area contributed by atoms with Crippen LogP contribution in [0, 0.1) is 65.2 Å². The Morgan fingerprint density at radius 1 is 0.585 bits per heavy atom. The lowest BCUT2D eigenvalue weighted by molar-refractivity contribution is 0.509. The van der Waals surface area contributed by atoms with Gasteiger partial charge in [-0.3, -0.25) is 0 Å². The van der Waals surface area contributed by atoms with Crippen LogP contribution in [-0.4, -0.2) is 0 Å². The molecule has 0 unspecified atom stereocenters. The minimum atomic E-state index is 0.123. The zero-order valence-electron chi connectivity index (χ0n) is 24.2. The molecule has 0 aliphatic carbocycles. The summed E-state index contributed by atoms with van der Waals surface area (Å²) in [5.74, 6) is 0. The van der Waals surface area contributed by atoms with Crippen molar-refractivity contribution in [2.45, 2.75) is 104 Å². The number of unbranched alkanes of at least 4 members (excludes halogenated alkanes) is 10. The Balaban J connectivity index is 2.12. The summed E-state index contributed by atoms with van der Waals surface area (Å²) < 4.78 is 9.71. The van der Waals surface area contributed by atoms with Gasteiger partial charge in [0.2, 0.25) is 0 Å². The molecule has 0 aliphatic rings. The number of nitrogens with zero attached hydrogens (tertiary/aromatic N) is 4. The third kappa shape index (κ3) is 8.93. The number of hydrogen-bond donors (Lipinski definition) is 0. The zero-order chi connectivity index (χ0) is 29.5. The fourth-order valence-corrected chi connectivity index (χ4v) is 7.17. The van der Waals surface area contributed by atoms with Crippen LogP contribution in [0.3, 0.4) is 0 Å². The van der Waals surface area contributed by atoms with E-state index in [2.05, 4.69) is 13.8 Å². The zero-order valence-corrected chi connectivity index (χ0v) is 25.9. The van der Waals surface area contributed by atoms with Crippen LogP contribution in [0.1, 0.15) is 102 Å². The Labute approximate surface area is 250 Å². The van der Waals surface area contributed by atoms with Gasteiger partial charge in [-0.1, -0.05) is 78.1 Å². The minimum Gasteiger partial charge on any atom is -0.454 e. The highest BCUT2D eigenvalue weighted by atomic mass is 32.1. The van der Waals surface area contributed by atoms with Crippen LogP contribution < -0.4 is 9.06 Å². The highest BCUT2D eigenvalue weighted by Crippen LogP contribution is 2.18. The van der Waals surface area contributed by atoms with Crippen LogP contribution in [0.5, 0.6) is 0 Å². The van der Waals surface area contributed by atoms with Gasteiger partial charge < -0.3 is 4.42 Å². The predicted molar refractivity (Wildman–Crippen MR) is 165 cm³/mol. The summed E-state index contributed by atoms with van der Waals surface area (Å²) in [4.78, 5) is 0. The van der Waals surface area contributed by atoms with Crippen LogP contribution in [0.4, 0.5) is 0 Å². The van der Waals surface area contributed by atoms with Crippen LogP contribution in [0.25, 0.3) is 11.1 Å². The first-order chi connectivity index (χ1) is 20.1. The normalized spacial score (nSPS) is 12.2. The number of hydrogen-bond acceptors (Lipinski definition) is 7. The van der Waals surface area contributed by atoms with E-state index in [1.807, 2.05) is 48.5 Å². The average molecular weight is 583 g/mol. The molecule has 0 amide bonds. The molecule has 0 spiro atoms. The van der Waals surface area contributed by atoms with E-state index in [9.17, 15) is 21.0 Å². The second kappa shape index (κ2) is 17.3. The van der Waals surface area contributed by atoms with E-state index in [-0.39, 0.29) is 11.1 Å². The van der Waals surface area contributed by atoms with E-state index < -0.39 is 0 Å². The molecule has 0 saturated heterocycles. The average Bonchev–Trinajstić information content (AvgIpc) is 3.73. The Kier molecular flexibility index (Phi) is 13.4. The summed E-state index contributed by atoms with van der Waals surface area (Å²) in [6.07, 6.45) is 16.0. The molecule has 5 nitrogen and oxygen atoms in total. The van der Waals surface area contributed by atoms with Gasteiger partial charge in [0, 0.05) is 0 Å². The highest BCUT2D eigenvalue weighted by Gasteiger charge is 2.09. The van der Waals surface area contributed by atoms with E-state index in [0.717, 1.165) is 69.5 Å². The van der Waals surface area contributed by atoms with Crippen LogP contribution in [0.15, 0.2) is 28.7 Å². The van der Waals surface area contributed by atoms with Gasteiger partial charge in [0.15, 0.2) is 0 Å². The van der Waals surface area contributed by atoms with Crippen molar-refractivity contribution in [2.75, 3.05) is 0 Å². The van der Waals surface area contributed by atoms with Crippen molar-refractivity contribution in [2.24, 2.45) is 0 Å². The summed E-state index contributed by atoms with van der Waals surface area (Å²) in [6.45, 7) is 4.43. The molecule has 0 N–H and O–H groups in total. The molecule has 0 radical (unpaired) electrons. The predicted octanol–water partition coefficient (Wildman–Crippen LogP) is 8.18. The van der Waals surface area contributed by atoms with Crippen molar-refractivity contribution in [3.63, 3.8) is 0 Å².